The lowest BCUT2D eigenvalue weighted by molar-refractivity contribution is 0.334. The molecular weight excluding hydrogens is 396 g/mol. The van der Waals surface area contributed by atoms with Crippen molar-refractivity contribution < 1.29 is 0 Å². The van der Waals surface area contributed by atoms with E-state index in [9.17, 15) is 0 Å². The maximum Gasteiger partial charge on any atom is 0.116 e. The first-order chi connectivity index (χ1) is 15.8. The molecule has 1 aliphatic rings. The third kappa shape index (κ3) is 3.67. The molecule has 0 amide bonds. The predicted molar refractivity (Wildman–Crippen MR) is 128 cm³/mol. The first-order valence-corrected chi connectivity index (χ1v) is 11.4. The number of pyridine rings is 2. The number of nitrogens with zero attached hydrogens (tertiary/aromatic N) is 4. The second-order valence-electron chi connectivity index (χ2n) is 8.71. The number of likely N-dealkylation sites (tertiary alicyclic amines) is 1. The van der Waals surface area contributed by atoms with Crippen molar-refractivity contribution >= 4 is 21.8 Å². The molecule has 1 aliphatic heterocycles. The Kier molecular flexibility index (Phi) is 4.92. The molecule has 1 fully saturated rings. The van der Waals surface area contributed by atoms with Crippen LogP contribution in [0.2, 0.25) is 0 Å². The van der Waals surface area contributed by atoms with E-state index in [2.05, 4.69) is 60.4 Å². The molecule has 32 heavy (non-hydrogen) atoms. The number of fused-ring (bicyclic) bond motifs is 2. The number of hydrogen-bond donors (Lipinski definition) is 2. The van der Waals surface area contributed by atoms with E-state index in [1.54, 1.807) is 0 Å². The summed E-state index contributed by atoms with van der Waals surface area (Å²) in [5, 5.41) is 10.00. The fourth-order valence-corrected chi connectivity index (χ4v) is 4.79. The number of aromatic amines is 2. The molecule has 0 atom stereocenters. The van der Waals surface area contributed by atoms with Gasteiger partial charge in [0.05, 0.1) is 22.9 Å². The predicted octanol–water partition coefficient (Wildman–Crippen LogP) is 5.20. The Hall–Kier alpha value is -3.51. The molecular formula is C26H26N6. The van der Waals surface area contributed by atoms with Gasteiger partial charge >= 0.3 is 0 Å². The van der Waals surface area contributed by atoms with E-state index in [-0.39, 0.29) is 0 Å². The molecule has 0 radical (unpaired) electrons. The normalized spacial score (nSPS) is 14.6. The highest BCUT2D eigenvalue weighted by molar-refractivity contribution is 5.97. The van der Waals surface area contributed by atoms with Gasteiger partial charge in [-0.3, -0.25) is 15.1 Å². The van der Waals surface area contributed by atoms with Gasteiger partial charge in [0, 0.05) is 34.9 Å². The standard InChI is InChI=1S/C26H26N6/c1-2-10-32(9-1)11-3-4-18-12-21(16-28-15-18)19-5-6-23-22(13-19)26(31-30-23)24-14-20-7-8-27-17-25(20)29-24/h5-8,12-17,29H,1-4,9-11H2,(H,30,31). The van der Waals surface area contributed by atoms with Crippen molar-refractivity contribution in [3.8, 4) is 22.5 Å². The molecule has 5 aromatic rings. The minimum Gasteiger partial charge on any atom is -0.352 e. The molecule has 0 saturated carbocycles. The van der Waals surface area contributed by atoms with Crippen molar-refractivity contribution in [3.63, 3.8) is 0 Å². The Bertz CT molecular complexity index is 1340. The van der Waals surface area contributed by atoms with E-state index in [4.69, 9.17) is 0 Å². The maximum absolute atomic E-state index is 4.59. The number of aromatic nitrogens is 5. The molecule has 6 heteroatoms. The fourth-order valence-electron chi connectivity index (χ4n) is 4.79. The number of benzene rings is 1. The summed E-state index contributed by atoms with van der Waals surface area (Å²) in [6.07, 6.45) is 12.6. The topological polar surface area (TPSA) is 73.5 Å². The molecule has 2 N–H and O–H groups in total. The quantitative estimate of drug-likeness (QED) is 0.395. The molecule has 1 saturated heterocycles. The van der Waals surface area contributed by atoms with Crippen molar-refractivity contribution in [3.05, 3.63) is 66.7 Å². The summed E-state index contributed by atoms with van der Waals surface area (Å²) in [5.41, 5.74) is 7.57. The van der Waals surface area contributed by atoms with Crippen LogP contribution in [-0.4, -0.2) is 49.7 Å². The summed E-state index contributed by atoms with van der Waals surface area (Å²) in [6, 6.07) is 12.9. The van der Waals surface area contributed by atoms with Crippen molar-refractivity contribution in [2.45, 2.75) is 25.7 Å². The van der Waals surface area contributed by atoms with Gasteiger partial charge in [-0.25, -0.2) is 0 Å². The van der Waals surface area contributed by atoms with Crippen LogP contribution in [-0.2, 0) is 6.42 Å². The van der Waals surface area contributed by atoms with Gasteiger partial charge in [0.15, 0.2) is 0 Å². The molecule has 6 nitrogen and oxygen atoms in total. The zero-order valence-electron chi connectivity index (χ0n) is 18.0. The Morgan fingerprint density at radius 1 is 0.875 bits per heavy atom. The summed E-state index contributed by atoms with van der Waals surface area (Å²) in [7, 11) is 0. The second kappa shape index (κ2) is 8.20. The van der Waals surface area contributed by atoms with Crippen LogP contribution in [0.5, 0.6) is 0 Å². The van der Waals surface area contributed by atoms with Crippen LogP contribution in [0.3, 0.4) is 0 Å². The van der Waals surface area contributed by atoms with E-state index in [1.807, 2.05) is 30.9 Å². The van der Waals surface area contributed by atoms with Gasteiger partial charge in [-0.15, -0.1) is 0 Å². The minimum absolute atomic E-state index is 0.924. The van der Waals surface area contributed by atoms with Crippen LogP contribution in [0.15, 0.2) is 61.2 Å². The van der Waals surface area contributed by atoms with Gasteiger partial charge in [0.2, 0.25) is 0 Å². The van der Waals surface area contributed by atoms with Gasteiger partial charge in [0.1, 0.15) is 5.69 Å². The smallest absolute Gasteiger partial charge is 0.116 e. The molecule has 5 heterocycles. The molecule has 6 rings (SSSR count). The summed E-state index contributed by atoms with van der Waals surface area (Å²) in [6.45, 7) is 3.71. The van der Waals surface area contributed by atoms with Crippen LogP contribution >= 0.6 is 0 Å². The molecule has 0 unspecified atom stereocenters. The third-order valence-electron chi connectivity index (χ3n) is 6.51. The van der Waals surface area contributed by atoms with Crippen molar-refractivity contribution in [2.24, 2.45) is 0 Å². The number of hydrogen-bond acceptors (Lipinski definition) is 4. The van der Waals surface area contributed by atoms with Gasteiger partial charge in [-0.1, -0.05) is 6.07 Å². The van der Waals surface area contributed by atoms with E-state index in [0.717, 1.165) is 50.7 Å². The average molecular weight is 423 g/mol. The first-order valence-electron chi connectivity index (χ1n) is 11.4. The molecule has 4 aromatic heterocycles. The Morgan fingerprint density at radius 3 is 2.72 bits per heavy atom. The van der Waals surface area contributed by atoms with E-state index >= 15 is 0 Å². The van der Waals surface area contributed by atoms with Crippen molar-refractivity contribution in [1.29, 1.82) is 0 Å². The highest BCUT2D eigenvalue weighted by Crippen LogP contribution is 2.31. The van der Waals surface area contributed by atoms with Crippen LogP contribution in [0, 0.1) is 0 Å². The molecule has 0 spiro atoms. The van der Waals surface area contributed by atoms with Crippen LogP contribution in [0.25, 0.3) is 44.3 Å². The summed E-state index contributed by atoms with van der Waals surface area (Å²) in [4.78, 5) is 14.8. The number of nitrogens with one attached hydrogen (secondary N) is 2. The summed E-state index contributed by atoms with van der Waals surface area (Å²) < 4.78 is 0. The fraction of sp³-hybridized carbons (Fsp3) is 0.269. The van der Waals surface area contributed by atoms with Gasteiger partial charge < -0.3 is 9.88 Å². The number of aryl methyl sites for hydroxylation is 1. The van der Waals surface area contributed by atoms with E-state index in [1.165, 1.54) is 44.5 Å². The Balaban J connectivity index is 1.28. The molecule has 160 valence electrons. The molecule has 0 aliphatic carbocycles. The van der Waals surface area contributed by atoms with Gasteiger partial charge in [0.25, 0.3) is 0 Å². The van der Waals surface area contributed by atoms with Crippen molar-refractivity contribution in [2.75, 3.05) is 19.6 Å². The van der Waals surface area contributed by atoms with Gasteiger partial charge in [-0.2, -0.15) is 5.10 Å². The molecule has 1 aromatic carbocycles. The van der Waals surface area contributed by atoms with Gasteiger partial charge in [-0.05, 0) is 86.8 Å². The third-order valence-corrected chi connectivity index (χ3v) is 6.51. The van der Waals surface area contributed by atoms with Crippen LogP contribution in [0.1, 0.15) is 24.8 Å². The minimum atomic E-state index is 0.924. The average Bonchev–Trinajstić information content (AvgIpc) is 3.58. The summed E-state index contributed by atoms with van der Waals surface area (Å²) in [5.74, 6) is 0. The second-order valence-corrected chi connectivity index (χ2v) is 8.71. The first kappa shape index (κ1) is 19.2. The maximum atomic E-state index is 4.59. The zero-order chi connectivity index (χ0) is 21.3. The number of rotatable bonds is 6. The van der Waals surface area contributed by atoms with Crippen molar-refractivity contribution in [1.82, 2.24) is 30.0 Å². The highest BCUT2D eigenvalue weighted by atomic mass is 15.1. The Morgan fingerprint density at radius 2 is 1.81 bits per heavy atom. The van der Waals surface area contributed by atoms with E-state index in [0.29, 0.717) is 0 Å². The lowest BCUT2D eigenvalue weighted by Gasteiger charge is -2.14. The largest absolute Gasteiger partial charge is 0.352 e. The molecule has 0 bridgehead atoms. The van der Waals surface area contributed by atoms with Crippen LogP contribution < -0.4 is 0 Å². The summed E-state index contributed by atoms with van der Waals surface area (Å²) >= 11 is 0. The SMILES string of the molecule is c1cc2cc(-c3n[nH]c4ccc(-c5cncc(CCCN6CCCC6)c5)cc34)[nH]c2cn1. The monoisotopic (exact) mass is 422 g/mol. The Labute approximate surface area is 186 Å². The van der Waals surface area contributed by atoms with Crippen LogP contribution in [0.4, 0.5) is 0 Å². The number of H-pyrrole nitrogens is 2. The van der Waals surface area contributed by atoms with E-state index < -0.39 is 0 Å². The zero-order valence-corrected chi connectivity index (χ0v) is 18.0. The lowest BCUT2D eigenvalue weighted by atomic mass is 10.0. The lowest BCUT2D eigenvalue weighted by Crippen LogP contribution is -2.20. The highest BCUT2D eigenvalue weighted by Gasteiger charge is 2.13.